The van der Waals surface area contributed by atoms with Crippen molar-refractivity contribution in [3.05, 3.63) is 23.7 Å². The summed E-state index contributed by atoms with van der Waals surface area (Å²) in [5.41, 5.74) is 1.10. The molecule has 1 rings (SSSR count). The lowest BCUT2D eigenvalue weighted by molar-refractivity contribution is -0.137. The van der Waals surface area contributed by atoms with Gasteiger partial charge in [0.05, 0.1) is 6.26 Å². The second kappa shape index (κ2) is 3.95. The predicted octanol–water partition coefficient (Wildman–Crippen LogP) is 2.00. The molecular formula is C9H12O3. The Kier molecular flexibility index (Phi) is 2.91. The Morgan fingerprint density at radius 2 is 2.42 bits per heavy atom. The normalized spacial score (nSPS) is 10.1. The first-order valence-corrected chi connectivity index (χ1v) is 3.95. The first-order valence-electron chi connectivity index (χ1n) is 3.95. The Morgan fingerprint density at radius 1 is 1.67 bits per heavy atom. The largest absolute Gasteiger partial charge is 0.481 e. The molecule has 0 aliphatic rings. The fourth-order valence-electron chi connectivity index (χ4n) is 1.06. The van der Waals surface area contributed by atoms with Gasteiger partial charge in [-0.15, -0.1) is 0 Å². The van der Waals surface area contributed by atoms with Crippen molar-refractivity contribution in [1.29, 1.82) is 0 Å². The first-order chi connectivity index (χ1) is 5.70. The summed E-state index contributed by atoms with van der Waals surface area (Å²) < 4.78 is 5.15. The minimum atomic E-state index is -0.751. The summed E-state index contributed by atoms with van der Waals surface area (Å²) in [4.78, 5) is 10.2. The number of aryl methyl sites for hydroxylation is 2. The maximum Gasteiger partial charge on any atom is 0.303 e. The van der Waals surface area contributed by atoms with Gasteiger partial charge in [0.15, 0.2) is 0 Å². The van der Waals surface area contributed by atoms with Crippen LogP contribution < -0.4 is 0 Å². The Hall–Kier alpha value is -1.25. The topological polar surface area (TPSA) is 50.4 Å². The minimum absolute atomic E-state index is 0.208. The van der Waals surface area contributed by atoms with Gasteiger partial charge < -0.3 is 9.52 Å². The predicted molar refractivity (Wildman–Crippen MR) is 44.0 cm³/mol. The van der Waals surface area contributed by atoms with Gasteiger partial charge in [-0.1, -0.05) is 0 Å². The van der Waals surface area contributed by atoms with E-state index in [1.807, 2.05) is 13.0 Å². The summed E-state index contributed by atoms with van der Waals surface area (Å²) in [5.74, 6) is 0.149. The molecule has 3 nitrogen and oxygen atoms in total. The third-order valence-electron chi connectivity index (χ3n) is 1.76. The second-order valence-electron chi connectivity index (χ2n) is 2.77. The highest BCUT2D eigenvalue weighted by Gasteiger charge is 2.02. The average Bonchev–Trinajstić information content (AvgIpc) is 2.36. The molecular weight excluding hydrogens is 156 g/mol. The molecule has 3 heteroatoms. The molecule has 0 spiro atoms. The Morgan fingerprint density at radius 3 is 2.92 bits per heavy atom. The number of aliphatic carboxylic acids is 1. The summed E-state index contributed by atoms with van der Waals surface area (Å²) in [7, 11) is 0. The van der Waals surface area contributed by atoms with Crippen molar-refractivity contribution in [1.82, 2.24) is 0 Å². The minimum Gasteiger partial charge on any atom is -0.481 e. The zero-order valence-electron chi connectivity index (χ0n) is 7.04. The van der Waals surface area contributed by atoms with Crippen molar-refractivity contribution in [3.63, 3.8) is 0 Å². The molecule has 0 bridgehead atoms. The van der Waals surface area contributed by atoms with Crippen LogP contribution in [-0.4, -0.2) is 11.1 Å². The van der Waals surface area contributed by atoms with Crippen LogP contribution >= 0.6 is 0 Å². The van der Waals surface area contributed by atoms with Crippen LogP contribution in [0.4, 0.5) is 0 Å². The standard InChI is InChI=1S/C9H12O3/c1-7-5-6-12-8(7)3-2-4-9(10)11/h5-6H,2-4H2,1H3,(H,10,11). The zero-order valence-corrected chi connectivity index (χ0v) is 7.04. The summed E-state index contributed by atoms with van der Waals surface area (Å²) in [6.45, 7) is 1.96. The van der Waals surface area contributed by atoms with E-state index in [0.29, 0.717) is 12.8 Å². The van der Waals surface area contributed by atoms with Gasteiger partial charge in [-0.2, -0.15) is 0 Å². The second-order valence-corrected chi connectivity index (χ2v) is 2.77. The van der Waals surface area contributed by atoms with Crippen LogP contribution in [0.1, 0.15) is 24.2 Å². The highest BCUT2D eigenvalue weighted by atomic mass is 16.4. The maximum absolute atomic E-state index is 10.2. The highest BCUT2D eigenvalue weighted by Crippen LogP contribution is 2.11. The summed E-state index contributed by atoms with van der Waals surface area (Å²) in [5, 5.41) is 8.38. The SMILES string of the molecule is Cc1ccoc1CCCC(=O)O. The summed E-state index contributed by atoms with van der Waals surface area (Å²) in [6, 6.07) is 1.89. The Balaban J connectivity index is 2.33. The van der Waals surface area contributed by atoms with E-state index in [-0.39, 0.29) is 6.42 Å². The molecule has 0 radical (unpaired) electrons. The van der Waals surface area contributed by atoms with Crippen LogP contribution in [0.2, 0.25) is 0 Å². The number of carboxylic acid groups (broad SMARTS) is 1. The number of carboxylic acids is 1. The van der Waals surface area contributed by atoms with Gasteiger partial charge in [0.25, 0.3) is 0 Å². The van der Waals surface area contributed by atoms with Gasteiger partial charge in [0.1, 0.15) is 5.76 Å². The Bertz CT molecular complexity index is 262. The molecule has 0 aromatic carbocycles. The van der Waals surface area contributed by atoms with Crippen molar-refractivity contribution in [2.45, 2.75) is 26.2 Å². The molecule has 0 saturated heterocycles. The van der Waals surface area contributed by atoms with E-state index in [9.17, 15) is 4.79 Å². The number of hydrogen-bond acceptors (Lipinski definition) is 2. The van der Waals surface area contributed by atoms with E-state index in [4.69, 9.17) is 9.52 Å². The number of furan rings is 1. The van der Waals surface area contributed by atoms with E-state index in [1.54, 1.807) is 6.26 Å². The fourth-order valence-corrected chi connectivity index (χ4v) is 1.06. The van der Waals surface area contributed by atoms with Crippen molar-refractivity contribution in [2.75, 3.05) is 0 Å². The van der Waals surface area contributed by atoms with Crippen LogP contribution in [0.15, 0.2) is 16.7 Å². The molecule has 12 heavy (non-hydrogen) atoms. The summed E-state index contributed by atoms with van der Waals surface area (Å²) in [6.07, 6.45) is 3.19. The van der Waals surface area contributed by atoms with Crippen LogP contribution in [0, 0.1) is 6.92 Å². The zero-order chi connectivity index (χ0) is 8.97. The van der Waals surface area contributed by atoms with E-state index >= 15 is 0 Å². The van der Waals surface area contributed by atoms with E-state index in [0.717, 1.165) is 11.3 Å². The Labute approximate surface area is 71.0 Å². The van der Waals surface area contributed by atoms with Crippen LogP contribution in [0.3, 0.4) is 0 Å². The van der Waals surface area contributed by atoms with Crippen LogP contribution in [0.25, 0.3) is 0 Å². The highest BCUT2D eigenvalue weighted by molar-refractivity contribution is 5.66. The molecule has 1 aromatic heterocycles. The van der Waals surface area contributed by atoms with Crippen molar-refractivity contribution < 1.29 is 14.3 Å². The molecule has 1 aromatic rings. The van der Waals surface area contributed by atoms with Gasteiger partial charge in [0.2, 0.25) is 0 Å². The average molecular weight is 168 g/mol. The lowest BCUT2D eigenvalue weighted by Gasteiger charge is -1.95. The van der Waals surface area contributed by atoms with Crippen molar-refractivity contribution in [2.24, 2.45) is 0 Å². The van der Waals surface area contributed by atoms with Crippen molar-refractivity contribution >= 4 is 5.97 Å². The van der Waals surface area contributed by atoms with Gasteiger partial charge in [-0.3, -0.25) is 4.79 Å². The molecule has 66 valence electrons. The van der Waals surface area contributed by atoms with Crippen LogP contribution in [-0.2, 0) is 11.2 Å². The molecule has 0 atom stereocenters. The lowest BCUT2D eigenvalue weighted by Crippen LogP contribution is -1.95. The molecule has 0 aliphatic heterocycles. The monoisotopic (exact) mass is 168 g/mol. The first kappa shape index (κ1) is 8.84. The molecule has 0 aliphatic carbocycles. The van der Waals surface area contributed by atoms with Crippen LogP contribution in [0.5, 0.6) is 0 Å². The quantitative estimate of drug-likeness (QED) is 0.748. The molecule has 0 unspecified atom stereocenters. The molecule has 1 N–H and O–H groups in total. The fraction of sp³-hybridized carbons (Fsp3) is 0.444. The van der Waals surface area contributed by atoms with E-state index < -0.39 is 5.97 Å². The third-order valence-corrected chi connectivity index (χ3v) is 1.76. The van der Waals surface area contributed by atoms with Crippen molar-refractivity contribution in [3.8, 4) is 0 Å². The summed E-state index contributed by atoms with van der Waals surface area (Å²) >= 11 is 0. The van der Waals surface area contributed by atoms with E-state index in [2.05, 4.69) is 0 Å². The maximum atomic E-state index is 10.2. The molecule has 1 heterocycles. The molecule has 0 saturated carbocycles. The van der Waals surface area contributed by atoms with E-state index in [1.165, 1.54) is 0 Å². The van der Waals surface area contributed by atoms with Gasteiger partial charge in [-0.25, -0.2) is 0 Å². The molecule has 0 amide bonds. The van der Waals surface area contributed by atoms with Gasteiger partial charge >= 0.3 is 5.97 Å². The number of hydrogen-bond donors (Lipinski definition) is 1. The van der Waals surface area contributed by atoms with Gasteiger partial charge in [-0.05, 0) is 25.0 Å². The molecule has 0 fully saturated rings. The smallest absolute Gasteiger partial charge is 0.303 e. The number of carbonyl (C=O) groups is 1. The number of rotatable bonds is 4. The van der Waals surface area contributed by atoms with Gasteiger partial charge in [0, 0.05) is 12.8 Å². The lowest BCUT2D eigenvalue weighted by atomic mass is 10.1. The third kappa shape index (κ3) is 2.42.